The SMILES string of the molecule is CCC(CC)NC(=O)C(N)c1cnn(C)c1. The summed E-state index contributed by atoms with van der Waals surface area (Å²) in [5, 5.41) is 6.92. The second-order valence-electron chi connectivity index (χ2n) is 3.95. The lowest BCUT2D eigenvalue weighted by molar-refractivity contribution is -0.123. The zero-order valence-electron chi connectivity index (χ0n) is 10.1. The summed E-state index contributed by atoms with van der Waals surface area (Å²) in [6.45, 7) is 4.09. The topological polar surface area (TPSA) is 72.9 Å². The van der Waals surface area contributed by atoms with Crippen molar-refractivity contribution in [3.63, 3.8) is 0 Å². The van der Waals surface area contributed by atoms with E-state index in [2.05, 4.69) is 10.4 Å². The minimum absolute atomic E-state index is 0.137. The fourth-order valence-corrected chi connectivity index (χ4v) is 1.54. The molecule has 0 saturated heterocycles. The Morgan fingerprint density at radius 2 is 2.19 bits per heavy atom. The van der Waals surface area contributed by atoms with Crippen molar-refractivity contribution < 1.29 is 4.79 Å². The molecule has 1 heterocycles. The molecule has 0 saturated carbocycles. The maximum Gasteiger partial charge on any atom is 0.241 e. The molecule has 1 atom stereocenters. The summed E-state index contributed by atoms with van der Waals surface area (Å²) in [5.74, 6) is -0.137. The molecule has 0 bridgehead atoms. The molecule has 5 heteroatoms. The maximum atomic E-state index is 11.8. The lowest BCUT2D eigenvalue weighted by atomic mass is 10.1. The van der Waals surface area contributed by atoms with Gasteiger partial charge in [-0.1, -0.05) is 13.8 Å². The van der Waals surface area contributed by atoms with E-state index in [0.717, 1.165) is 18.4 Å². The number of carbonyl (C=O) groups is 1. The molecule has 0 spiro atoms. The lowest BCUT2D eigenvalue weighted by Gasteiger charge is -2.17. The number of rotatable bonds is 5. The van der Waals surface area contributed by atoms with E-state index < -0.39 is 6.04 Å². The highest BCUT2D eigenvalue weighted by molar-refractivity contribution is 5.83. The van der Waals surface area contributed by atoms with Crippen molar-refractivity contribution in [2.75, 3.05) is 0 Å². The first-order chi connectivity index (χ1) is 7.58. The highest BCUT2D eigenvalue weighted by Crippen LogP contribution is 2.09. The van der Waals surface area contributed by atoms with Crippen LogP contribution in [0.5, 0.6) is 0 Å². The van der Waals surface area contributed by atoms with Crippen molar-refractivity contribution in [2.24, 2.45) is 12.8 Å². The monoisotopic (exact) mass is 224 g/mol. The largest absolute Gasteiger partial charge is 0.352 e. The van der Waals surface area contributed by atoms with E-state index in [1.807, 2.05) is 13.8 Å². The van der Waals surface area contributed by atoms with Gasteiger partial charge in [0.1, 0.15) is 6.04 Å². The zero-order valence-corrected chi connectivity index (χ0v) is 10.1. The molecule has 16 heavy (non-hydrogen) atoms. The van der Waals surface area contributed by atoms with Crippen LogP contribution in [0.25, 0.3) is 0 Å². The average Bonchev–Trinajstić information content (AvgIpc) is 2.71. The Hall–Kier alpha value is -1.36. The highest BCUT2D eigenvalue weighted by atomic mass is 16.2. The Balaban J connectivity index is 2.60. The van der Waals surface area contributed by atoms with E-state index in [0.29, 0.717) is 0 Å². The van der Waals surface area contributed by atoms with Crippen LogP contribution in [0, 0.1) is 0 Å². The fraction of sp³-hybridized carbons (Fsp3) is 0.636. The average molecular weight is 224 g/mol. The first kappa shape index (κ1) is 12.7. The molecule has 1 amide bonds. The third-order valence-electron chi connectivity index (χ3n) is 2.70. The summed E-state index contributed by atoms with van der Waals surface area (Å²) in [5.41, 5.74) is 6.59. The van der Waals surface area contributed by atoms with Crippen molar-refractivity contribution in [3.8, 4) is 0 Å². The molecule has 1 aromatic heterocycles. The van der Waals surface area contributed by atoms with Gasteiger partial charge in [0.05, 0.1) is 6.20 Å². The number of nitrogens with one attached hydrogen (secondary N) is 1. The molecule has 0 fully saturated rings. The van der Waals surface area contributed by atoms with Crippen molar-refractivity contribution in [1.82, 2.24) is 15.1 Å². The predicted molar refractivity (Wildman–Crippen MR) is 62.6 cm³/mol. The molecule has 0 aliphatic carbocycles. The number of amides is 1. The smallest absolute Gasteiger partial charge is 0.241 e. The van der Waals surface area contributed by atoms with E-state index in [1.165, 1.54) is 0 Å². The summed E-state index contributed by atoms with van der Waals surface area (Å²) in [4.78, 5) is 11.8. The summed E-state index contributed by atoms with van der Waals surface area (Å²) >= 11 is 0. The Bertz CT molecular complexity index is 344. The fourth-order valence-electron chi connectivity index (χ4n) is 1.54. The summed E-state index contributed by atoms with van der Waals surface area (Å²) < 4.78 is 1.64. The zero-order chi connectivity index (χ0) is 12.1. The quantitative estimate of drug-likeness (QED) is 0.774. The van der Waals surface area contributed by atoms with E-state index >= 15 is 0 Å². The lowest BCUT2D eigenvalue weighted by Crippen LogP contribution is -2.40. The van der Waals surface area contributed by atoms with Crippen molar-refractivity contribution in [1.29, 1.82) is 0 Å². The molecule has 90 valence electrons. The van der Waals surface area contributed by atoms with Crippen LogP contribution in [0.2, 0.25) is 0 Å². The minimum atomic E-state index is -0.630. The first-order valence-electron chi connectivity index (χ1n) is 5.63. The molecule has 5 nitrogen and oxygen atoms in total. The highest BCUT2D eigenvalue weighted by Gasteiger charge is 2.19. The molecule has 0 aliphatic rings. The van der Waals surface area contributed by atoms with Crippen molar-refractivity contribution >= 4 is 5.91 Å². The second-order valence-corrected chi connectivity index (χ2v) is 3.95. The Labute approximate surface area is 96.0 Å². The van der Waals surface area contributed by atoms with Crippen molar-refractivity contribution in [3.05, 3.63) is 18.0 Å². The third-order valence-corrected chi connectivity index (χ3v) is 2.70. The molecule has 0 aliphatic heterocycles. The number of hydrogen-bond acceptors (Lipinski definition) is 3. The van der Waals surface area contributed by atoms with Crippen LogP contribution in [0.4, 0.5) is 0 Å². The van der Waals surface area contributed by atoms with Gasteiger partial charge < -0.3 is 11.1 Å². The Morgan fingerprint density at radius 3 is 2.62 bits per heavy atom. The van der Waals surface area contributed by atoms with E-state index in [9.17, 15) is 4.79 Å². The van der Waals surface area contributed by atoms with Crippen LogP contribution in [-0.2, 0) is 11.8 Å². The van der Waals surface area contributed by atoms with Crippen LogP contribution in [-0.4, -0.2) is 21.7 Å². The van der Waals surface area contributed by atoms with Gasteiger partial charge in [0.2, 0.25) is 5.91 Å². The third kappa shape index (κ3) is 3.06. The number of aromatic nitrogens is 2. The standard InChI is InChI=1S/C11H20N4O/c1-4-9(5-2)14-11(16)10(12)8-6-13-15(3)7-8/h6-7,9-10H,4-5,12H2,1-3H3,(H,14,16). The molecule has 1 aromatic rings. The van der Waals surface area contributed by atoms with Gasteiger partial charge in [-0.05, 0) is 12.8 Å². The van der Waals surface area contributed by atoms with Gasteiger partial charge in [0.25, 0.3) is 0 Å². The molecule has 1 rings (SSSR count). The van der Waals surface area contributed by atoms with Crippen molar-refractivity contribution in [2.45, 2.75) is 38.8 Å². The Kier molecular flexibility index (Phi) is 4.49. The number of aryl methyl sites for hydroxylation is 1. The van der Waals surface area contributed by atoms with Gasteiger partial charge in [-0.25, -0.2) is 0 Å². The van der Waals surface area contributed by atoms with Crippen LogP contribution < -0.4 is 11.1 Å². The molecule has 0 aromatic carbocycles. The van der Waals surface area contributed by atoms with Gasteiger partial charge in [-0.2, -0.15) is 5.10 Å². The molecule has 1 unspecified atom stereocenters. The minimum Gasteiger partial charge on any atom is -0.352 e. The van der Waals surface area contributed by atoms with E-state index in [1.54, 1.807) is 24.1 Å². The van der Waals surface area contributed by atoms with Crippen LogP contribution in [0.1, 0.15) is 38.3 Å². The number of nitrogens with zero attached hydrogens (tertiary/aromatic N) is 2. The summed E-state index contributed by atoms with van der Waals surface area (Å²) in [6.07, 6.45) is 5.22. The summed E-state index contributed by atoms with van der Waals surface area (Å²) in [7, 11) is 1.80. The summed E-state index contributed by atoms with van der Waals surface area (Å²) in [6, 6.07) is -0.426. The van der Waals surface area contributed by atoms with Crippen LogP contribution in [0.15, 0.2) is 12.4 Å². The van der Waals surface area contributed by atoms with Gasteiger partial charge in [0, 0.05) is 24.8 Å². The second kappa shape index (κ2) is 5.65. The molecular formula is C11H20N4O. The van der Waals surface area contributed by atoms with Crippen LogP contribution in [0.3, 0.4) is 0 Å². The number of nitrogens with two attached hydrogens (primary N) is 1. The molecular weight excluding hydrogens is 204 g/mol. The van der Waals surface area contributed by atoms with Gasteiger partial charge >= 0.3 is 0 Å². The van der Waals surface area contributed by atoms with E-state index in [-0.39, 0.29) is 11.9 Å². The number of carbonyl (C=O) groups excluding carboxylic acids is 1. The number of hydrogen-bond donors (Lipinski definition) is 2. The van der Waals surface area contributed by atoms with Gasteiger partial charge in [-0.3, -0.25) is 9.48 Å². The predicted octanol–water partition coefficient (Wildman–Crippen LogP) is 0.725. The molecule has 3 N–H and O–H groups in total. The molecule has 0 radical (unpaired) electrons. The van der Waals surface area contributed by atoms with Gasteiger partial charge in [-0.15, -0.1) is 0 Å². The van der Waals surface area contributed by atoms with Crippen LogP contribution >= 0.6 is 0 Å². The van der Waals surface area contributed by atoms with E-state index in [4.69, 9.17) is 5.73 Å². The maximum absolute atomic E-state index is 11.8. The Morgan fingerprint density at radius 1 is 1.56 bits per heavy atom. The first-order valence-corrected chi connectivity index (χ1v) is 5.63. The normalized spacial score (nSPS) is 12.8. The van der Waals surface area contributed by atoms with Gasteiger partial charge in [0.15, 0.2) is 0 Å².